The molecule has 11 nitrogen and oxygen atoms in total. The number of aliphatic hydroxyl groups excluding tert-OH is 1. The summed E-state index contributed by atoms with van der Waals surface area (Å²) in [7, 11) is 0. The third-order valence-electron chi connectivity index (χ3n) is 5.08. The first-order valence-corrected chi connectivity index (χ1v) is 11.9. The normalized spacial score (nSPS) is 10.7. The number of hydrogen-bond donors (Lipinski definition) is 6. The van der Waals surface area contributed by atoms with E-state index in [2.05, 4.69) is 15.6 Å². The fourth-order valence-corrected chi connectivity index (χ4v) is 3.61. The molecule has 7 N–H and O–H groups in total. The van der Waals surface area contributed by atoms with E-state index < -0.39 is 18.5 Å². The van der Waals surface area contributed by atoms with Gasteiger partial charge in [0.15, 0.2) is 18.1 Å². The minimum Gasteiger partial charge on any atom is -0.487 e. The largest absolute Gasteiger partial charge is 0.487 e. The van der Waals surface area contributed by atoms with Gasteiger partial charge < -0.3 is 36.1 Å². The third-order valence-corrected chi connectivity index (χ3v) is 5.28. The van der Waals surface area contributed by atoms with Gasteiger partial charge in [0, 0.05) is 29.6 Å². The van der Waals surface area contributed by atoms with Crippen LogP contribution in [-0.4, -0.2) is 45.6 Å². The minimum atomic E-state index is -1.17. The Hall–Kier alpha value is -4.35. The van der Waals surface area contributed by atoms with E-state index in [1.54, 1.807) is 50.2 Å². The first kappa shape index (κ1) is 28.2. The molecule has 0 atom stereocenters. The number of anilines is 2. The number of rotatable bonds is 12. The lowest BCUT2D eigenvalue weighted by atomic mass is 10.1. The van der Waals surface area contributed by atoms with E-state index in [4.69, 9.17) is 37.3 Å². The van der Waals surface area contributed by atoms with Crippen molar-refractivity contribution in [3.8, 4) is 11.5 Å². The highest BCUT2D eigenvalue weighted by Crippen LogP contribution is 2.35. The van der Waals surface area contributed by atoms with Crippen LogP contribution in [0.5, 0.6) is 11.5 Å². The summed E-state index contributed by atoms with van der Waals surface area (Å²) in [5, 5.41) is 32.4. The van der Waals surface area contributed by atoms with Crippen LogP contribution in [0.1, 0.15) is 40.9 Å². The van der Waals surface area contributed by atoms with Gasteiger partial charge in [-0.05, 0) is 61.9 Å². The van der Waals surface area contributed by atoms with Crippen molar-refractivity contribution < 1.29 is 29.3 Å². The molecule has 0 fully saturated rings. The topological polar surface area (TPSA) is 180 Å². The van der Waals surface area contributed by atoms with Crippen molar-refractivity contribution in [2.24, 2.45) is 5.73 Å². The number of carboxylic acids is 1. The number of nitrogens with two attached hydrogens (primary N) is 1. The van der Waals surface area contributed by atoms with Crippen LogP contribution in [0, 0.1) is 5.41 Å². The quantitative estimate of drug-likeness (QED) is 0.147. The second kappa shape index (κ2) is 12.7. The van der Waals surface area contributed by atoms with Crippen LogP contribution in [0.2, 0.25) is 5.02 Å². The molecule has 0 spiro atoms. The fourth-order valence-electron chi connectivity index (χ4n) is 3.45. The summed E-state index contributed by atoms with van der Waals surface area (Å²) in [6, 6.07) is 11.1. The Morgan fingerprint density at radius 1 is 1.18 bits per heavy atom. The van der Waals surface area contributed by atoms with Gasteiger partial charge in [0.1, 0.15) is 11.7 Å². The van der Waals surface area contributed by atoms with E-state index in [9.17, 15) is 14.7 Å². The van der Waals surface area contributed by atoms with Crippen molar-refractivity contribution in [1.29, 1.82) is 5.41 Å². The van der Waals surface area contributed by atoms with Crippen LogP contribution in [-0.2, 0) is 17.9 Å². The second-order valence-corrected chi connectivity index (χ2v) is 8.87. The van der Waals surface area contributed by atoms with Gasteiger partial charge in [-0.25, -0.2) is 9.78 Å². The summed E-state index contributed by atoms with van der Waals surface area (Å²) in [6.45, 7) is 2.78. The van der Waals surface area contributed by atoms with Crippen LogP contribution in [0.25, 0.3) is 0 Å². The number of amides is 1. The predicted octanol–water partition coefficient (Wildman–Crippen LogP) is 3.63. The molecule has 0 aliphatic rings. The third kappa shape index (κ3) is 7.58. The molecule has 1 heterocycles. The number of carboxylic acid groups (broad SMARTS) is 1. The first-order valence-electron chi connectivity index (χ1n) is 11.5. The molecular weight excluding hydrogens is 514 g/mol. The zero-order chi connectivity index (χ0) is 27.8. The molecule has 1 aromatic heterocycles. The summed E-state index contributed by atoms with van der Waals surface area (Å²) >= 11 is 6.11. The van der Waals surface area contributed by atoms with Gasteiger partial charge in [-0.15, -0.1) is 0 Å². The maximum absolute atomic E-state index is 13.1. The molecule has 38 heavy (non-hydrogen) atoms. The lowest BCUT2D eigenvalue weighted by Gasteiger charge is -2.20. The summed E-state index contributed by atoms with van der Waals surface area (Å²) in [5.74, 6) is -1.07. The highest BCUT2D eigenvalue weighted by Gasteiger charge is 2.19. The number of amidine groups is 1. The number of carbonyl (C=O) groups is 2. The number of benzene rings is 2. The Bertz CT molecular complexity index is 1330. The summed E-state index contributed by atoms with van der Waals surface area (Å²) in [4.78, 5) is 28.5. The maximum Gasteiger partial charge on any atom is 0.341 e. The molecular formula is C26H28ClN5O6. The van der Waals surface area contributed by atoms with E-state index in [1.165, 1.54) is 12.3 Å². The molecule has 0 radical (unpaired) electrons. The number of halogens is 1. The molecule has 3 aromatic rings. The lowest BCUT2D eigenvalue weighted by molar-refractivity contribution is -0.139. The van der Waals surface area contributed by atoms with Crippen LogP contribution >= 0.6 is 11.6 Å². The summed E-state index contributed by atoms with van der Waals surface area (Å²) in [6.07, 6.45) is 1.14. The number of aliphatic carboxylic acids is 1. The number of ether oxygens (including phenoxy) is 2. The number of hydrogen-bond acceptors (Lipinski definition) is 8. The Morgan fingerprint density at radius 3 is 2.50 bits per heavy atom. The van der Waals surface area contributed by atoms with Crippen molar-refractivity contribution in [2.75, 3.05) is 17.2 Å². The molecule has 3 rings (SSSR count). The number of carbonyl (C=O) groups excluding carboxylic acids is 1. The van der Waals surface area contributed by atoms with Gasteiger partial charge in [-0.2, -0.15) is 0 Å². The first-order chi connectivity index (χ1) is 18.1. The molecule has 1 amide bonds. The molecule has 0 saturated carbocycles. The molecule has 0 saturated heterocycles. The van der Waals surface area contributed by atoms with Crippen LogP contribution < -0.4 is 25.8 Å². The average Bonchev–Trinajstić information content (AvgIpc) is 2.86. The van der Waals surface area contributed by atoms with E-state index in [-0.39, 0.29) is 53.0 Å². The molecule has 200 valence electrons. The van der Waals surface area contributed by atoms with Crippen molar-refractivity contribution in [3.05, 3.63) is 75.9 Å². The number of nitrogens with one attached hydrogen (secondary N) is 3. The number of pyridine rings is 1. The van der Waals surface area contributed by atoms with Crippen LogP contribution in [0.3, 0.4) is 0 Å². The average molecular weight is 542 g/mol. The highest BCUT2D eigenvalue weighted by molar-refractivity contribution is 6.31. The Labute approximate surface area is 224 Å². The van der Waals surface area contributed by atoms with E-state index >= 15 is 0 Å². The number of aromatic nitrogens is 1. The van der Waals surface area contributed by atoms with Crippen LogP contribution in [0.15, 0.2) is 48.7 Å². The Balaban J connectivity index is 1.90. The van der Waals surface area contributed by atoms with Gasteiger partial charge in [0.25, 0.3) is 5.91 Å². The van der Waals surface area contributed by atoms with E-state index in [0.29, 0.717) is 22.4 Å². The van der Waals surface area contributed by atoms with Gasteiger partial charge in [0.2, 0.25) is 0 Å². The second-order valence-electron chi connectivity index (χ2n) is 8.44. The lowest BCUT2D eigenvalue weighted by Crippen LogP contribution is -2.17. The van der Waals surface area contributed by atoms with Gasteiger partial charge in [-0.3, -0.25) is 10.2 Å². The summed E-state index contributed by atoms with van der Waals surface area (Å²) < 4.78 is 11.3. The minimum absolute atomic E-state index is 0.0550. The monoisotopic (exact) mass is 541 g/mol. The van der Waals surface area contributed by atoms with Gasteiger partial charge in [-0.1, -0.05) is 11.6 Å². The SMILES string of the molecule is CC(C)Oc1cc(CO)cc(CNc2ncc(Cl)cc2C(=O)Nc2ccc(C(=N)N)cc2)c1OCC(=O)O. The van der Waals surface area contributed by atoms with Crippen molar-refractivity contribution >= 4 is 40.8 Å². The zero-order valence-electron chi connectivity index (χ0n) is 20.7. The standard InChI is InChI=1S/C26H28ClN5O6/c1-14(2)38-21-8-15(12-33)7-17(23(21)37-13-22(34)35)10-30-25-20(9-18(27)11-31-25)26(36)32-19-5-3-16(4-6-19)24(28)29/h3-9,11,14,33H,10,12-13H2,1-2H3,(H3,28,29)(H,30,31)(H,32,36)(H,34,35). The smallest absolute Gasteiger partial charge is 0.341 e. The molecule has 0 unspecified atom stereocenters. The van der Waals surface area contributed by atoms with E-state index in [1.807, 2.05) is 0 Å². The predicted molar refractivity (Wildman–Crippen MR) is 143 cm³/mol. The van der Waals surface area contributed by atoms with Crippen molar-refractivity contribution in [1.82, 2.24) is 4.98 Å². The van der Waals surface area contributed by atoms with E-state index in [0.717, 1.165) is 0 Å². The molecule has 0 bridgehead atoms. The fraction of sp³-hybridized carbons (Fsp3) is 0.231. The number of nitrogen functional groups attached to an aromatic ring is 1. The van der Waals surface area contributed by atoms with Gasteiger partial charge >= 0.3 is 5.97 Å². The van der Waals surface area contributed by atoms with Crippen molar-refractivity contribution in [2.45, 2.75) is 33.1 Å². The van der Waals surface area contributed by atoms with Crippen LogP contribution in [0.4, 0.5) is 11.5 Å². The number of aliphatic hydroxyl groups is 1. The number of nitrogens with zero attached hydrogens (tertiary/aromatic N) is 1. The highest BCUT2D eigenvalue weighted by atomic mass is 35.5. The Morgan fingerprint density at radius 2 is 1.89 bits per heavy atom. The van der Waals surface area contributed by atoms with Gasteiger partial charge in [0.05, 0.1) is 23.3 Å². The summed E-state index contributed by atoms with van der Waals surface area (Å²) in [5.41, 5.74) is 7.62. The maximum atomic E-state index is 13.1. The molecule has 12 heteroatoms. The Kier molecular flexibility index (Phi) is 9.47. The van der Waals surface area contributed by atoms with Crippen molar-refractivity contribution in [3.63, 3.8) is 0 Å². The molecule has 2 aromatic carbocycles. The molecule has 0 aliphatic heterocycles. The molecule has 0 aliphatic carbocycles. The zero-order valence-corrected chi connectivity index (χ0v) is 21.5.